The first-order chi connectivity index (χ1) is 14.6. The standard InChI is InChI=1S/C23H23N3O4/c1-3-30-19-10-4-16(5-11-19)20-14-21-23(28)25(12-13-26(21)24-20)15-22(27)17-6-8-18(29-2)9-7-17/h4-14,22,27H,3,15H2,1-2H3/t22-/m1/s1. The van der Waals surface area contributed by atoms with Crippen LogP contribution in [0.1, 0.15) is 18.6 Å². The summed E-state index contributed by atoms with van der Waals surface area (Å²) in [6.07, 6.45) is 2.54. The third-order valence-corrected chi connectivity index (χ3v) is 4.93. The van der Waals surface area contributed by atoms with Gasteiger partial charge in [0.25, 0.3) is 5.56 Å². The van der Waals surface area contributed by atoms with Crippen molar-refractivity contribution in [2.75, 3.05) is 13.7 Å². The number of hydrogen-bond donors (Lipinski definition) is 1. The fraction of sp³-hybridized carbons (Fsp3) is 0.217. The Morgan fingerprint density at radius 1 is 1.03 bits per heavy atom. The lowest BCUT2D eigenvalue weighted by atomic mass is 10.1. The topological polar surface area (TPSA) is 78.0 Å². The van der Waals surface area contributed by atoms with E-state index in [-0.39, 0.29) is 12.1 Å². The predicted octanol–water partition coefficient (Wildman–Crippen LogP) is 3.30. The molecule has 154 valence electrons. The van der Waals surface area contributed by atoms with E-state index in [1.165, 1.54) is 4.57 Å². The van der Waals surface area contributed by atoms with Crippen molar-refractivity contribution < 1.29 is 14.6 Å². The molecule has 0 aliphatic carbocycles. The molecular formula is C23H23N3O4. The van der Waals surface area contributed by atoms with Gasteiger partial charge in [-0.25, -0.2) is 4.52 Å². The van der Waals surface area contributed by atoms with Crippen LogP contribution in [-0.4, -0.2) is 33.0 Å². The molecule has 1 N–H and O–H groups in total. The maximum absolute atomic E-state index is 12.9. The summed E-state index contributed by atoms with van der Waals surface area (Å²) in [5, 5.41) is 15.1. The summed E-state index contributed by atoms with van der Waals surface area (Å²) < 4.78 is 13.7. The van der Waals surface area contributed by atoms with Crippen LogP contribution in [0.15, 0.2) is 71.8 Å². The molecule has 0 unspecified atom stereocenters. The number of rotatable bonds is 7. The lowest BCUT2D eigenvalue weighted by Crippen LogP contribution is -2.24. The van der Waals surface area contributed by atoms with Crippen LogP contribution >= 0.6 is 0 Å². The van der Waals surface area contributed by atoms with E-state index < -0.39 is 6.10 Å². The van der Waals surface area contributed by atoms with E-state index in [9.17, 15) is 9.90 Å². The number of fused-ring (bicyclic) bond motifs is 1. The van der Waals surface area contributed by atoms with Crippen LogP contribution in [0.2, 0.25) is 0 Å². The van der Waals surface area contributed by atoms with Gasteiger partial charge in [-0.05, 0) is 55.0 Å². The molecule has 2 aromatic carbocycles. The minimum atomic E-state index is -0.815. The zero-order chi connectivity index (χ0) is 21.1. The van der Waals surface area contributed by atoms with Crippen LogP contribution < -0.4 is 15.0 Å². The fourth-order valence-electron chi connectivity index (χ4n) is 3.32. The molecule has 4 aromatic rings. The van der Waals surface area contributed by atoms with Crippen molar-refractivity contribution in [3.8, 4) is 22.8 Å². The average Bonchev–Trinajstić information content (AvgIpc) is 3.22. The van der Waals surface area contributed by atoms with E-state index in [1.807, 2.05) is 31.2 Å². The van der Waals surface area contributed by atoms with Crippen LogP contribution in [-0.2, 0) is 6.54 Å². The predicted molar refractivity (Wildman–Crippen MR) is 114 cm³/mol. The summed E-state index contributed by atoms with van der Waals surface area (Å²) >= 11 is 0. The van der Waals surface area contributed by atoms with Crippen molar-refractivity contribution in [2.45, 2.75) is 19.6 Å². The Hall–Kier alpha value is -3.58. The highest BCUT2D eigenvalue weighted by Gasteiger charge is 2.13. The molecule has 30 heavy (non-hydrogen) atoms. The monoisotopic (exact) mass is 405 g/mol. The molecule has 0 radical (unpaired) electrons. The Morgan fingerprint density at radius 2 is 1.73 bits per heavy atom. The molecule has 2 aromatic heterocycles. The molecule has 0 amide bonds. The minimum Gasteiger partial charge on any atom is -0.497 e. The maximum atomic E-state index is 12.9. The maximum Gasteiger partial charge on any atom is 0.276 e. The second-order valence-electron chi connectivity index (χ2n) is 6.86. The lowest BCUT2D eigenvalue weighted by Gasteiger charge is -2.13. The number of benzene rings is 2. The van der Waals surface area contributed by atoms with Crippen LogP contribution in [0.3, 0.4) is 0 Å². The number of ether oxygens (including phenoxy) is 2. The first-order valence-electron chi connectivity index (χ1n) is 9.73. The molecule has 0 fully saturated rings. The zero-order valence-corrected chi connectivity index (χ0v) is 16.9. The first kappa shape index (κ1) is 19.7. The van der Waals surface area contributed by atoms with Gasteiger partial charge in [-0.2, -0.15) is 5.10 Å². The van der Waals surface area contributed by atoms with Gasteiger partial charge in [0.15, 0.2) is 0 Å². The van der Waals surface area contributed by atoms with Gasteiger partial charge in [-0.15, -0.1) is 0 Å². The molecule has 7 nitrogen and oxygen atoms in total. The van der Waals surface area contributed by atoms with E-state index in [1.54, 1.807) is 54.4 Å². The molecule has 4 rings (SSSR count). The summed E-state index contributed by atoms with van der Waals surface area (Å²) in [5.41, 5.74) is 2.54. The lowest BCUT2D eigenvalue weighted by molar-refractivity contribution is 0.155. The third kappa shape index (κ3) is 3.92. The highest BCUT2D eigenvalue weighted by Crippen LogP contribution is 2.22. The van der Waals surface area contributed by atoms with Crippen molar-refractivity contribution in [2.24, 2.45) is 0 Å². The SMILES string of the molecule is CCOc1ccc(-c2cc3c(=O)n(C[C@@H](O)c4ccc(OC)cc4)ccn3n2)cc1. The van der Waals surface area contributed by atoms with Gasteiger partial charge in [0.2, 0.25) is 0 Å². The van der Waals surface area contributed by atoms with E-state index in [0.29, 0.717) is 29.1 Å². The molecule has 0 saturated heterocycles. The van der Waals surface area contributed by atoms with Crippen LogP contribution in [0, 0.1) is 0 Å². The Balaban J connectivity index is 1.59. The number of hydrogen-bond acceptors (Lipinski definition) is 5. The Morgan fingerprint density at radius 3 is 2.40 bits per heavy atom. The quantitative estimate of drug-likeness (QED) is 0.510. The summed E-state index contributed by atoms with van der Waals surface area (Å²) in [7, 11) is 1.59. The second-order valence-corrected chi connectivity index (χ2v) is 6.86. The van der Waals surface area contributed by atoms with Gasteiger partial charge in [-0.1, -0.05) is 12.1 Å². The number of aromatic nitrogens is 3. The number of nitrogens with zero attached hydrogens (tertiary/aromatic N) is 3. The molecule has 0 saturated carbocycles. The zero-order valence-electron chi connectivity index (χ0n) is 16.9. The van der Waals surface area contributed by atoms with Gasteiger partial charge in [0, 0.05) is 18.0 Å². The molecular weight excluding hydrogens is 382 g/mol. The molecule has 0 aliphatic heterocycles. The molecule has 0 bridgehead atoms. The van der Waals surface area contributed by atoms with Crippen LogP contribution in [0.25, 0.3) is 16.8 Å². The molecule has 0 spiro atoms. The number of aliphatic hydroxyl groups is 1. The van der Waals surface area contributed by atoms with E-state index in [4.69, 9.17) is 9.47 Å². The first-order valence-corrected chi connectivity index (χ1v) is 9.73. The highest BCUT2D eigenvalue weighted by molar-refractivity contribution is 5.66. The van der Waals surface area contributed by atoms with Crippen molar-refractivity contribution in [1.29, 1.82) is 0 Å². The summed E-state index contributed by atoms with van der Waals surface area (Å²) in [5.74, 6) is 1.51. The van der Waals surface area contributed by atoms with Crippen LogP contribution in [0.5, 0.6) is 11.5 Å². The Labute approximate surface area is 173 Å². The van der Waals surface area contributed by atoms with Crippen molar-refractivity contribution in [3.05, 3.63) is 82.9 Å². The van der Waals surface area contributed by atoms with Gasteiger partial charge < -0.3 is 19.1 Å². The molecule has 2 heterocycles. The van der Waals surface area contributed by atoms with Crippen molar-refractivity contribution in [1.82, 2.24) is 14.2 Å². The van der Waals surface area contributed by atoms with Crippen molar-refractivity contribution in [3.63, 3.8) is 0 Å². The smallest absolute Gasteiger partial charge is 0.276 e. The molecule has 1 atom stereocenters. The molecule has 7 heteroatoms. The largest absolute Gasteiger partial charge is 0.497 e. The number of aliphatic hydroxyl groups excluding tert-OH is 1. The third-order valence-electron chi connectivity index (χ3n) is 4.93. The van der Waals surface area contributed by atoms with Gasteiger partial charge in [0.05, 0.1) is 32.1 Å². The highest BCUT2D eigenvalue weighted by atomic mass is 16.5. The van der Waals surface area contributed by atoms with E-state index in [0.717, 1.165) is 11.3 Å². The minimum absolute atomic E-state index is 0.144. The van der Waals surface area contributed by atoms with Gasteiger partial charge in [-0.3, -0.25) is 4.79 Å². The van der Waals surface area contributed by atoms with Crippen molar-refractivity contribution >= 4 is 5.52 Å². The van der Waals surface area contributed by atoms with Gasteiger partial charge >= 0.3 is 0 Å². The van der Waals surface area contributed by atoms with Crippen LogP contribution in [0.4, 0.5) is 0 Å². The van der Waals surface area contributed by atoms with E-state index in [2.05, 4.69) is 5.10 Å². The summed E-state index contributed by atoms with van der Waals surface area (Å²) in [4.78, 5) is 12.9. The molecule has 0 aliphatic rings. The summed E-state index contributed by atoms with van der Waals surface area (Å²) in [6.45, 7) is 2.69. The van der Waals surface area contributed by atoms with Gasteiger partial charge in [0.1, 0.15) is 17.0 Å². The number of methoxy groups -OCH3 is 1. The Kier molecular flexibility index (Phi) is 5.54. The fourth-order valence-corrected chi connectivity index (χ4v) is 3.32. The second kappa shape index (κ2) is 8.42. The average molecular weight is 405 g/mol. The van der Waals surface area contributed by atoms with E-state index >= 15 is 0 Å². The summed E-state index contributed by atoms with van der Waals surface area (Å²) in [6, 6.07) is 16.5. The Bertz CT molecular complexity index is 1190. The normalized spacial score (nSPS) is 12.1.